The molecule has 3 rings (SSSR count). The van der Waals surface area contributed by atoms with Gasteiger partial charge in [0.2, 0.25) is 16.0 Å². The molecule has 0 atom stereocenters. The van der Waals surface area contributed by atoms with Gasteiger partial charge in [-0.15, -0.1) is 0 Å². The molecule has 2 heterocycles. The second-order valence-electron chi connectivity index (χ2n) is 6.35. The van der Waals surface area contributed by atoms with Crippen LogP contribution in [0.15, 0.2) is 52.6 Å². The minimum absolute atomic E-state index is 0.147. The maximum atomic E-state index is 12.3. The van der Waals surface area contributed by atoms with Crippen molar-refractivity contribution in [3.63, 3.8) is 0 Å². The highest BCUT2D eigenvalue weighted by Crippen LogP contribution is 2.15. The Morgan fingerprint density at radius 3 is 2.52 bits per heavy atom. The van der Waals surface area contributed by atoms with Crippen LogP contribution < -0.4 is 14.9 Å². The SMILES string of the molecule is CN=C(NCCNS(=O)(=O)c1cccc(Cl)c1)N1CCN(c2ncccn2)CC1. The number of anilines is 1. The van der Waals surface area contributed by atoms with Gasteiger partial charge in [-0.2, -0.15) is 0 Å². The Bertz CT molecular complexity index is 932. The van der Waals surface area contributed by atoms with Crippen molar-refractivity contribution in [2.75, 3.05) is 51.2 Å². The first-order valence-corrected chi connectivity index (χ1v) is 11.1. The summed E-state index contributed by atoms with van der Waals surface area (Å²) in [6.45, 7) is 3.75. The van der Waals surface area contributed by atoms with Crippen LogP contribution in [0.2, 0.25) is 5.02 Å². The van der Waals surface area contributed by atoms with E-state index >= 15 is 0 Å². The topological polar surface area (TPSA) is 103 Å². The number of benzene rings is 1. The van der Waals surface area contributed by atoms with Gasteiger partial charge in [0.15, 0.2) is 5.96 Å². The van der Waals surface area contributed by atoms with E-state index in [0.29, 0.717) is 11.6 Å². The van der Waals surface area contributed by atoms with Crippen molar-refractivity contribution in [1.82, 2.24) is 24.9 Å². The molecule has 1 aromatic carbocycles. The third-order valence-electron chi connectivity index (χ3n) is 4.43. The van der Waals surface area contributed by atoms with E-state index in [4.69, 9.17) is 11.6 Å². The Morgan fingerprint density at radius 2 is 1.86 bits per heavy atom. The summed E-state index contributed by atoms with van der Waals surface area (Å²) in [6.07, 6.45) is 3.47. The number of aromatic nitrogens is 2. The lowest BCUT2D eigenvalue weighted by atomic mass is 10.3. The van der Waals surface area contributed by atoms with E-state index in [2.05, 4.69) is 34.8 Å². The zero-order valence-corrected chi connectivity index (χ0v) is 17.7. The number of sulfonamides is 1. The third kappa shape index (κ3) is 5.78. The Labute approximate surface area is 175 Å². The van der Waals surface area contributed by atoms with Crippen LogP contribution in [-0.2, 0) is 10.0 Å². The predicted octanol–water partition coefficient (Wildman–Crippen LogP) is 0.806. The van der Waals surface area contributed by atoms with E-state index in [9.17, 15) is 8.42 Å². The first kappa shape index (κ1) is 21.3. The molecule has 2 aromatic rings. The van der Waals surface area contributed by atoms with Gasteiger partial charge in [-0.25, -0.2) is 23.1 Å². The van der Waals surface area contributed by atoms with E-state index in [1.165, 1.54) is 12.1 Å². The van der Waals surface area contributed by atoms with Crippen molar-refractivity contribution >= 4 is 33.5 Å². The lowest BCUT2D eigenvalue weighted by Gasteiger charge is -2.36. The van der Waals surface area contributed by atoms with E-state index in [-0.39, 0.29) is 11.4 Å². The Morgan fingerprint density at radius 1 is 1.14 bits per heavy atom. The van der Waals surface area contributed by atoms with Crippen molar-refractivity contribution < 1.29 is 8.42 Å². The molecule has 0 aliphatic carbocycles. The van der Waals surface area contributed by atoms with E-state index in [1.807, 2.05) is 0 Å². The Hall–Kier alpha value is -2.43. The third-order valence-corrected chi connectivity index (χ3v) is 6.13. The van der Waals surface area contributed by atoms with Crippen LogP contribution in [0.5, 0.6) is 0 Å². The molecule has 0 saturated carbocycles. The summed E-state index contributed by atoms with van der Waals surface area (Å²) in [5.41, 5.74) is 0. The largest absolute Gasteiger partial charge is 0.355 e. The van der Waals surface area contributed by atoms with Gasteiger partial charge in [-0.1, -0.05) is 17.7 Å². The van der Waals surface area contributed by atoms with Gasteiger partial charge in [0.05, 0.1) is 4.90 Å². The summed E-state index contributed by atoms with van der Waals surface area (Å²) in [5.74, 6) is 1.46. The van der Waals surface area contributed by atoms with Gasteiger partial charge in [-0.05, 0) is 24.3 Å². The average molecular weight is 438 g/mol. The molecular weight excluding hydrogens is 414 g/mol. The molecular formula is C18H24ClN7O2S. The second-order valence-corrected chi connectivity index (χ2v) is 8.56. The summed E-state index contributed by atoms with van der Waals surface area (Å²) < 4.78 is 27.2. The van der Waals surface area contributed by atoms with Crippen LogP contribution in [0, 0.1) is 0 Å². The highest BCUT2D eigenvalue weighted by atomic mass is 35.5. The molecule has 9 nitrogen and oxygen atoms in total. The van der Waals surface area contributed by atoms with Crippen LogP contribution in [0.3, 0.4) is 0 Å². The molecule has 0 amide bonds. The number of guanidine groups is 1. The molecule has 0 radical (unpaired) electrons. The predicted molar refractivity (Wildman–Crippen MR) is 114 cm³/mol. The molecule has 1 aromatic heterocycles. The van der Waals surface area contributed by atoms with Gasteiger partial charge >= 0.3 is 0 Å². The quantitative estimate of drug-likeness (QED) is 0.391. The minimum Gasteiger partial charge on any atom is -0.355 e. The number of hydrogen-bond acceptors (Lipinski definition) is 6. The van der Waals surface area contributed by atoms with Crippen molar-refractivity contribution in [3.05, 3.63) is 47.7 Å². The molecule has 0 spiro atoms. The zero-order chi connectivity index (χ0) is 20.7. The maximum absolute atomic E-state index is 12.3. The smallest absolute Gasteiger partial charge is 0.240 e. The highest BCUT2D eigenvalue weighted by Gasteiger charge is 2.21. The molecule has 0 bridgehead atoms. The summed E-state index contributed by atoms with van der Waals surface area (Å²) in [4.78, 5) is 17.3. The first-order valence-electron chi connectivity index (χ1n) is 9.22. The summed E-state index contributed by atoms with van der Waals surface area (Å²) >= 11 is 5.87. The number of hydrogen-bond donors (Lipinski definition) is 2. The number of nitrogens with one attached hydrogen (secondary N) is 2. The van der Waals surface area contributed by atoms with Gasteiger partial charge in [-0.3, -0.25) is 4.99 Å². The van der Waals surface area contributed by atoms with Crippen LogP contribution in [0.4, 0.5) is 5.95 Å². The number of nitrogens with zero attached hydrogens (tertiary/aromatic N) is 5. The fraction of sp³-hybridized carbons (Fsp3) is 0.389. The minimum atomic E-state index is -3.60. The van der Waals surface area contributed by atoms with E-state index in [1.54, 1.807) is 37.6 Å². The summed E-state index contributed by atoms with van der Waals surface area (Å²) in [5, 5.41) is 3.58. The molecule has 1 saturated heterocycles. The monoisotopic (exact) mass is 437 g/mol. The second kappa shape index (κ2) is 9.86. The zero-order valence-electron chi connectivity index (χ0n) is 16.1. The number of aliphatic imine (C=N–C) groups is 1. The van der Waals surface area contributed by atoms with Crippen LogP contribution in [-0.4, -0.2) is 75.6 Å². The van der Waals surface area contributed by atoms with Gasteiger partial charge in [0, 0.05) is 63.7 Å². The first-order chi connectivity index (χ1) is 14.0. The summed E-state index contributed by atoms with van der Waals surface area (Å²) in [7, 11) is -1.89. The Kier molecular flexibility index (Phi) is 7.24. The van der Waals surface area contributed by atoms with Crippen molar-refractivity contribution in [1.29, 1.82) is 0 Å². The van der Waals surface area contributed by atoms with Crippen molar-refractivity contribution in [2.45, 2.75) is 4.90 Å². The van der Waals surface area contributed by atoms with Crippen LogP contribution in [0.25, 0.3) is 0 Å². The molecule has 1 fully saturated rings. The number of halogens is 1. The Balaban J connectivity index is 1.45. The fourth-order valence-electron chi connectivity index (χ4n) is 2.98. The molecule has 1 aliphatic rings. The molecule has 2 N–H and O–H groups in total. The highest BCUT2D eigenvalue weighted by molar-refractivity contribution is 7.89. The maximum Gasteiger partial charge on any atom is 0.240 e. The molecule has 1 aliphatic heterocycles. The lowest BCUT2D eigenvalue weighted by molar-refractivity contribution is 0.370. The standard InChI is InChI=1S/C18H24ClN7O2S/c1-20-17(25-10-12-26(13-11-25)18-21-6-3-7-22-18)23-8-9-24-29(27,28)16-5-2-4-15(19)14-16/h2-7,14,24H,8-13H2,1H3,(H,20,23). The lowest BCUT2D eigenvalue weighted by Crippen LogP contribution is -2.53. The fourth-order valence-corrected chi connectivity index (χ4v) is 4.31. The summed E-state index contributed by atoms with van der Waals surface area (Å²) in [6, 6.07) is 7.97. The van der Waals surface area contributed by atoms with Crippen molar-refractivity contribution in [3.8, 4) is 0 Å². The average Bonchev–Trinajstić information content (AvgIpc) is 2.75. The number of rotatable bonds is 6. The van der Waals surface area contributed by atoms with Crippen LogP contribution in [0.1, 0.15) is 0 Å². The van der Waals surface area contributed by atoms with Gasteiger partial charge < -0.3 is 15.1 Å². The molecule has 29 heavy (non-hydrogen) atoms. The van der Waals surface area contributed by atoms with Gasteiger partial charge in [0.1, 0.15) is 0 Å². The normalized spacial score (nSPS) is 15.4. The van der Waals surface area contributed by atoms with Crippen LogP contribution >= 0.6 is 11.6 Å². The molecule has 0 unspecified atom stereocenters. The van der Waals surface area contributed by atoms with Crippen molar-refractivity contribution in [2.24, 2.45) is 4.99 Å². The van der Waals surface area contributed by atoms with E-state index in [0.717, 1.165) is 38.1 Å². The molecule has 11 heteroatoms. The van der Waals surface area contributed by atoms with E-state index < -0.39 is 10.0 Å². The van der Waals surface area contributed by atoms with Gasteiger partial charge in [0.25, 0.3) is 0 Å². The molecule has 156 valence electrons. The number of piperazine rings is 1.